The van der Waals surface area contributed by atoms with E-state index in [0.29, 0.717) is 11.3 Å². The van der Waals surface area contributed by atoms with Gasteiger partial charge in [-0.05, 0) is 38.5 Å². The summed E-state index contributed by atoms with van der Waals surface area (Å²) >= 11 is 0. The quantitative estimate of drug-likeness (QED) is 0.749. The van der Waals surface area contributed by atoms with Gasteiger partial charge < -0.3 is 11.1 Å². The molecule has 0 aliphatic carbocycles. The average molecular weight is 285 g/mol. The van der Waals surface area contributed by atoms with Crippen molar-refractivity contribution in [3.05, 3.63) is 23.8 Å². The predicted octanol–water partition coefficient (Wildman–Crippen LogP) is 0.566. The average Bonchev–Trinajstić information content (AvgIpc) is 2.30. The van der Waals surface area contributed by atoms with Gasteiger partial charge in [0.05, 0.1) is 10.3 Å². The SMILES string of the molecule is Cc1c(NC(=O)C(C)(C)CN)cccc1S(N)(=O)=O. The summed E-state index contributed by atoms with van der Waals surface area (Å²) in [5.74, 6) is -0.273. The van der Waals surface area contributed by atoms with E-state index in [4.69, 9.17) is 10.9 Å². The topological polar surface area (TPSA) is 115 Å². The number of benzene rings is 1. The van der Waals surface area contributed by atoms with Crippen LogP contribution in [-0.4, -0.2) is 20.9 Å². The number of anilines is 1. The summed E-state index contributed by atoms with van der Waals surface area (Å²) < 4.78 is 22.8. The minimum absolute atomic E-state index is 0.00384. The van der Waals surface area contributed by atoms with Crippen LogP contribution in [0.25, 0.3) is 0 Å². The number of amides is 1. The molecule has 0 fully saturated rings. The van der Waals surface area contributed by atoms with Crippen molar-refractivity contribution in [3.63, 3.8) is 0 Å². The summed E-state index contributed by atoms with van der Waals surface area (Å²) in [5, 5.41) is 7.78. The predicted molar refractivity (Wildman–Crippen MR) is 74.0 cm³/mol. The van der Waals surface area contributed by atoms with Crippen molar-refractivity contribution in [2.45, 2.75) is 25.7 Å². The van der Waals surface area contributed by atoms with Crippen molar-refractivity contribution >= 4 is 21.6 Å². The zero-order valence-corrected chi connectivity index (χ0v) is 12.0. The lowest BCUT2D eigenvalue weighted by Crippen LogP contribution is -2.37. The third-order valence-electron chi connectivity index (χ3n) is 2.96. The molecule has 0 spiro atoms. The molecule has 0 saturated carbocycles. The van der Waals surface area contributed by atoms with Crippen LogP contribution in [0.5, 0.6) is 0 Å². The van der Waals surface area contributed by atoms with Crippen LogP contribution in [0.4, 0.5) is 5.69 Å². The van der Waals surface area contributed by atoms with Crippen LogP contribution in [0.3, 0.4) is 0 Å². The highest BCUT2D eigenvalue weighted by Crippen LogP contribution is 2.24. The second-order valence-corrected chi connectivity index (χ2v) is 6.55. The molecule has 1 rings (SSSR count). The van der Waals surface area contributed by atoms with Gasteiger partial charge in [0.1, 0.15) is 0 Å². The lowest BCUT2D eigenvalue weighted by Gasteiger charge is -2.22. The van der Waals surface area contributed by atoms with Gasteiger partial charge in [0.15, 0.2) is 0 Å². The standard InChI is InChI=1S/C12H19N3O3S/c1-8-9(15-11(16)12(2,3)7-13)5-4-6-10(8)19(14,17)18/h4-6H,7,13H2,1-3H3,(H,15,16)(H2,14,17,18). The second-order valence-electron chi connectivity index (χ2n) is 5.02. The van der Waals surface area contributed by atoms with Crippen molar-refractivity contribution in [2.24, 2.45) is 16.3 Å². The zero-order chi connectivity index (χ0) is 14.8. The Morgan fingerprint density at radius 2 is 1.95 bits per heavy atom. The fourth-order valence-corrected chi connectivity index (χ4v) is 2.25. The molecular weight excluding hydrogens is 266 g/mol. The zero-order valence-electron chi connectivity index (χ0n) is 11.2. The molecule has 6 nitrogen and oxygen atoms in total. The molecule has 0 aromatic heterocycles. The van der Waals surface area contributed by atoms with E-state index in [-0.39, 0.29) is 17.3 Å². The maximum Gasteiger partial charge on any atom is 0.238 e. The van der Waals surface area contributed by atoms with Gasteiger partial charge in [0.2, 0.25) is 15.9 Å². The minimum Gasteiger partial charge on any atom is -0.329 e. The fourth-order valence-electron chi connectivity index (χ4n) is 1.44. The monoisotopic (exact) mass is 285 g/mol. The third-order valence-corrected chi connectivity index (χ3v) is 4.02. The molecule has 1 aromatic rings. The maximum absolute atomic E-state index is 12.0. The Balaban J connectivity index is 3.15. The van der Waals surface area contributed by atoms with Gasteiger partial charge >= 0.3 is 0 Å². The van der Waals surface area contributed by atoms with E-state index in [1.54, 1.807) is 26.8 Å². The van der Waals surface area contributed by atoms with Crippen LogP contribution in [0.2, 0.25) is 0 Å². The number of nitrogens with two attached hydrogens (primary N) is 2. The number of rotatable bonds is 4. The number of carbonyl (C=O) groups excluding carboxylic acids is 1. The number of primary sulfonamides is 1. The van der Waals surface area contributed by atoms with Crippen molar-refractivity contribution in [2.75, 3.05) is 11.9 Å². The first-order chi connectivity index (χ1) is 8.59. The van der Waals surface area contributed by atoms with E-state index in [9.17, 15) is 13.2 Å². The molecule has 7 heteroatoms. The summed E-state index contributed by atoms with van der Waals surface area (Å²) in [4.78, 5) is 12.0. The molecular formula is C12H19N3O3S. The fraction of sp³-hybridized carbons (Fsp3) is 0.417. The van der Waals surface area contributed by atoms with Crippen molar-refractivity contribution in [1.29, 1.82) is 0 Å². The third kappa shape index (κ3) is 3.52. The highest BCUT2D eigenvalue weighted by atomic mass is 32.2. The molecule has 106 valence electrons. The molecule has 0 heterocycles. The van der Waals surface area contributed by atoms with Gasteiger partial charge in [-0.25, -0.2) is 13.6 Å². The maximum atomic E-state index is 12.0. The van der Waals surface area contributed by atoms with Gasteiger partial charge in [-0.15, -0.1) is 0 Å². The molecule has 0 atom stereocenters. The minimum atomic E-state index is -3.81. The second kappa shape index (κ2) is 5.28. The van der Waals surface area contributed by atoms with Gasteiger partial charge in [-0.1, -0.05) is 6.07 Å². The van der Waals surface area contributed by atoms with E-state index in [0.717, 1.165) is 0 Å². The largest absolute Gasteiger partial charge is 0.329 e. The van der Waals surface area contributed by atoms with Gasteiger partial charge in [-0.2, -0.15) is 0 Å². The number of hydrogen-bond donors (Lipinski definition) is 3. The van der Waals surface area contributed by atoms with Crippen LogP contribution >= 0.6 is 0 Å². The first-order valence-corrected chi connectivity index (χ1v) is 7.28. The van der Waals surface area contributed by atoms with Crippen molar-refractivity contribution in [1.82, 2.24) is 0 Å². The molecule has 19 heavy (non-hydrogen) atoms. The smallest absolute Gasteiger partial charge is 0.238 e. The number of sulfonamides is 1. The first kappa shape index (κ1) is 15.6. The van der Waals surface area contributed by atoms with Crippen LogP contribution in [0, 0.1) is 12.3 Å². The van der Waals surface area contributed by atoms with Gasteiger partial charge in [0, 0.05) is 12.2 Å². The summed E-state index contributed by atoms with van der Waals surface area (Å²) in [6.45, 7) is 5.19. The van der Waals surface area contributed by atoms with Crippen LogP contribution < -0.4 is 16.2 Å². The Morgan fingerprint density at radius 1 is 1.37 bits per heavy atom. The summed E-state index contributed by atoms with van der Waals surface area (Å²) in [7, 11) is -3.81. The highest BCUT2D eigenvalue weighted by Gasteiger charge is 2.26. The van der Waals surface area contributed by atoms with Gasteiger partial charge in [0.25, 0.3) is 0 Å². The Bertz CT molecular complexity index is 594. The molecule has 0 aliphatic rings. The number of hydrogen-bond acceptors (Lipinski definition) is 4. The van der Waals surface area contributed by atoms with E-state index in [2.05, 4.69) is 5.32 Å². The summed E-state index contributed by atoms with van der Waals surface area (Å²) in [5.41, 5.74) is 5.61. The van der Waals surface area contributed by atoms with Gasteiger partial charge in [-0.3, -0.25) is 4.79 Å². The summed E-state index contributed by atoms with van der Waals surface area (Å²) in [6.07, 6.45) is 0. The molecule has 0 bridgehead atoms. The normalized spacial score (nSPS) is 12.3. The van der Waals surface area contributed by atoms with Crippen LogP contribution in [0.15, 0.2) is 23.1 Å². The van der Waals surface area contributed by atoms with Crippen molar-refractivity contribution < 1.29 is 13.2 Å². The number of nitrogens with one attached hydrogen (secondary N) is 1. The van der Waals surface area contributed by atoms with Crippen molar-refractivity contribution in [3.8, 4) is 0 Å². The lowest BCUT2D eigenvalue weighted by molar-refractivity contribution is -0.123. The van der Waals surface area contributed by atoms with E-state index >= 15 is 0 Å². The Morgan fingerprint density at radius 3 is 2.42 bits per heavy atom. The molecule has 1 aromatic carbocycles. The van der Waals surface area contributed by atoms with Crippen LogP contribution in [0.1, 0.15) is 19.4 Å². The Hall–Kier alpha value is -1.44. The van der Waals surface area contributed by atoms with E-state index in [1.807, 2.05) is 0 Å². The molecule has 5 N–H and O–H groups in total. The molecule has 0 aliphatic heterocycles. The number of carbonyl (C=O) groups is 1. The summed E-state index contributed by atoms with van der Waals surface area (Å²) in [6, 6.07) is 4.54. The van der Waals surface area contributed by atoms with E-state index < -0.39 is 15.4 Å². The van der Waals surface area contributed by atoms with E-state index in [1.165, 1.54) is 12.1 Å². The molecule has 0 radical (unpaired) electrons. The Kier molecular flexibility index (Phi) is 4.34. The molecule has 0 unspecified atom stereocenters. The first-order valence-electron chi connectivity index (χ1n) is 5.73. The lowest BCUT2D eigenvalue weighted by atomic mass is 9.92. The highest BCUT2D eigenvalue weighted by molar-refractivity contribution is 7.89. The van der Waals surface area contributed by atoms with Crippen LogP contribution in [-0.2, 0) is 14.8 Å². The molecule has 1 amide bonds. The Labute approximate surface area is 113 Å². The molecule has 0 saturated heterocycles.